The average molecular weight is 544 g/mol. The van der Waals surface area contributed by atoms with E-state index >= 15 is 0 Å². The molecule has 38 heavy (non-hydrogen) atoms. The normalized spacial score (nSPS) is 18.1. The first-order chi connectivity index (χ1) is 18.5. The zero-order chi connectivity index (χ0) is 26.3. The highest BCUT2D eigenvalue weighted by atomic mass is 32.2. The maximum absolute atomic E-state index is 13.5. The lowest BCUT2D eigenvalue weighted by Gasteiger charge is -2.29. The number of hydrogen-bond acceptors (Lipinski definition) is 8. The van der Waals surface area contributed by atoms with E-state index in [1.165, 1.54) is 15.7 Å². The summed E-state index contributed by atoms with van der Waals surface area (Å²) < 4.78 is 30.4. The molecule has 0 amide bonds. The number of pyridine rings is 1. The topological polar surface area (TPSA) is 119 Å². The van der Waals surface area contributed by atoms with Crippen LogP contribution in [0.25, 0.3) is 33.6 Å². The van der Waals surface area contributed by atoms with E-state index in [-0.39, 0.29) is 10.9 Å². The first-order valence-corrected chi connectivity index (χ1v) is 15.1. The number of nitriles is 1. The highest BCUT2D eigenvalue weighted by Crippen LogP contribution is 2.40. The molecule has 0 spiro atoms. The van der Waals surface area contributed by atoms with Crippen LogP contribution >= 0.6 is 11.8 Å². The van der Waals surface area contributed by atoms with Crippen LogP contribution in [0, 0.1) is 17.2 Å². The molecule has 192 valence electrons. The van der Waals surface area contributed by atoms with E-state index in [1.54, 1.807) is 48.9 Å². The standard InChI is InChI=1S/C27H25N7O2S2/c1-37-27-29-15-12-22(32-27)26-31-23-17-30-25-21(13-16-33(25)38(35,36)20-5-3-2-4-6-20)24(23)34(26)19-9-7-18(8-10-19)11-14-28/h2-6,12-13,15-19H,7-11H2,1H3. The van der Waals surface area contributed by atoms with Crippen molar-refractivity contribution in [3.63, 3.8) is 0 Å². The Balaban J connectivity index is 1.56. The first kappa shape index (κ1) is 24.6. The summed E-state index contributed by atoms with van der Waals surface area (Å²) >= 11 is 1.47. The molecule has 5 aromatic rings. The minimum Gasteiger partial charge on any atom is -0.319 e. The maximum atomic E-state index is 13.5. The summed E-state index contributed by atoms with van der Waals surface area (Å²) in [6.07, 6.45) is 11.2. The van der Waals surface area contributed by atoms with Crippen molar-refractivity contribution in [3.05, 3.63) is 61.1 Å². The van der Waals surface area contributed by atoms with Crippen molar-refractivity contribution in [3.8, 4) is 17.6 Å². The van der Waals surface area contributed by atoms with Crippen molar-refractivity contribution < 1.29 is 8.42 Å². The molecule has 0 bridgehead atoms. The maximum Gasteiger partial charge on any atom is 0.269 e. The van der Waals surface area contributed by atoms with Gasteiger partial charge in [0.15, 0.2) is 16.6 Å². The summed E-state index contributed by atoms with van der Waals surface area (Å²) in [6.45, 7) is 0. The summed E-state index contributed by atoms with van der Waals surface area (Å²) in [5.74, 6) is 1.12. The van der Waals surface area contributed by atoms with Gasteiger partial charge in [0, 0.05) is 30.2 Å². The van der Waals surface area contributed by atoms with Crippen molar-refractivity contribution in [1.29, 1.82) is 5.26 Å². The number of hydrogen-bond donors (Lipinski definition) is 0. The van der Waals surface area contributed by atoms with E-state index in [1.807, 2.05) is 18.4 Å². The Morgan fingerprint density at radius 2 is 1.84 bits per heavy atom. The Labute approximate surface area is 224 Å². The number of imidazole rings is 1. The van der Waals surface area contributed by atoms with Gasteiger partial charge in [-0.1, -0.05) is 30.0 Å². The minimum atomic E-state index is -3.83. The summed E-state index contributed by atoms with van der Waals surface area (Å²) in [5, 5.41) is 10.6. The molecule has 9 nitrogen and oxygen atoms in total. The lowest BCUT2D eigenvalue weighted by molar-refractivity contribution is 0.283. The number of nitrogens with zero attached hydrogens (tertiary/aromatic N) is 7. The zero-order valence-corrected chi connectivity index (χ0v) is 22.4. The van der Waals surface area contributed by atoms with E-state index in [0.29, 0.717) is 34.4 Å². The van der Waals surface area contributed by atoms with Gasteiger partial charge in [-0.15, -0.1) is 0 Å². The van der Waals surface area contributed by atoms with Crippen LogP contribution in [0.1, 0.15) is 38.1 Å². The van der Waals surface area contributed by atoms with Crippen LogP contribution in [0.4, 0.5) is 0 Å². The van der Waals surface area contributed by atoms with Gasteiger partial charge < -0.3 is 4.57 Å². The summed E-state index contributed by atoms with van der Waals surface area (Å²) in [5.41, 5.74) is 2.61. The smallest absolute Gasteiger partial charge is 0.269 e. The third-order valence-electron chi connectivity index (χ3n) is 7.24. The second-order valence-corrected chi connectivity index (χ2v) is 12.0. The van der Waals surface area contributed by atoms with E-state index in [2.05, 4.69) is 20.6 Å². The summed E-state index contributed by atoms with van der Waals surface area (Å²) in [4.78, 5) is 18.8. The molecule has 1 aliphatic rings. The molecule has 11 heteroatoms. The van der Waals surface area contributed by atoms with Crippen LogP contribution in [-0.4, -0.2) is 43.1 Å². The predicted molar refractivity (Wildman–Crippen MR) is 146 cm³/mol. The Kier molecular flexibility index (Phi) is 6.37. The predicted octanol–water partition coefficient (Wildman–Crippen LogP) is 5.45. The van der Waals surface area contributed by atoms with Crippen molar-refractivity contribution in [1.82, 2.24) is 28.5 Å². The van der Waals surface area contributed by atoms with E-state index < -0.39 is 10.0 Å². The number of thioether (sulfide) groups is 1. The molecule has 0 aliphatic heterocycles. The second kappa shape index (κ2) is 9.85. The lowest BCUT2D eigenvalue weighted by Crippen LogP contribution is -2.19. The van der Waals surface area contributed by atoms with Crippen molar-refractivity contribution in [2.24, 2.45) is 5.92 Å². The third kappa shape index (κ3) is 4.14. The molecule has 0 radical (unpaired) electrons. The zero-order valence-electron chi connectivity index (χ0n) is 20.7. The Morgan fingerprint density at radius 3 is 2.58 bits per heavy atom. The van der Waals surface area contributed by atoms with Crippen molar-refractivity contribution >= 4 is 43.9 Å². The molecule has 1 aliphatic carbocycles. The molecule has 1 fully saturated rings. The molecule has 1 saturated carbocycles. The molecular formula is C27H25N7O2S2. The Morgan fingerprint density at radius 1 is 1.05 bits per heavy atom. The van der Waals surface area contributed by atoms with Crippen LogP contribution in [0.2, 0.25) is 0 Å². The fourth-order valence-corrected chi connectivity index (χ4v) is 7.06. The first-order valence-electron chi connectivity index (χ1n) is 12.4. The molecule has 4 aromatic heterocycles. The van der Waals surface area contributed by atoms with Crippen molar-refractivity contribution in [2.45, 2.75) is 48.2 Å². The van der Waals surface area contributed by atoms with Gasteiger partial charge in [-0.25, -0.2) is 32.3 Å². The van der Waals surface area contributed by atoms with Gasteiger partial charge in [-0.3, -0.25) is 0 Å². The van der Waals surface area contributed by atoms with Crippen LogP contribution < -0.4 is 0 Å². The molecular weight excluding hydrogens is 518 g/mol. The molecule has 0 atom stereocenters. The number of rotatable bonds is 6. The SMILES string of the molecule is CSc1nccc(-c2nc3cnc4c(ccn4S(=O)(=O)c4ccccc4)c3n2C2CCC(CC#N)CC2)n1. The van der Waals surface area contributed by atoms with E-state index in [9.17, 15) is 13.7 Å². The van der Waals surface area contributed by atoms with Gasteiger partial charge in [0.2, 0.25) is 0 Å². The monoisotopic (exact) mass is 543 g/mol. The Bertz CT molecular complexity index is 1780. The molecule has 4 heterocycles. The van der Waals surface area contributed by atoms with Crippen LogP contribution in [0.15, 0.2) is 71.1 Å². The van der Waals surface area contributed by atoms with Gasteiger partial charge in [-0.05, 0) is 62.1 Å². The number of aromatic nitrogens is 6. The van der Waals surface area contributed by atoms with Crippen LogP contribution in [-0.2, 0) is 10.0 Å². The summed E-state index contributed by atoms with van der Waals surface area (Å²) in [6, 6.07) is 14.5. The fourth-order valence-electron chi connectivity index (χ4n) is 5.38. The molecule has 0 saturated heterocycles. The largest absolute Gasteiger partial charge is 0.319 e. The molecule has 0 N–H and O–H groups in total. The van der Waals surface area contributed by atoms with Gasteiger partial charge in [0.05, 0.1) is 22.7 Å². The van der Waals surface area contributed by atoms with Crippen LogP contribution in [0.5, 0.6) is 0 Å². The fraction of sp³-hybridized carbons (Fsp3) is 0.296. The average Bonchev–Trinajstić information content (AvgIpc) is 3.56. The second-order valence-electron chi connectivity index (χ2n) is 9.43. The van der Waals surface area contributed by atoms with Gasteiger partial charge >= 0.3 is 0 Å². The number of benzene rings is 1. The lowest BCUT2D eigenvalue weighted by atomic mass is 9.84. The Hall–Kier alpha value is -3.75. The van der Waals surface area contributed by atoms with Crippen LogP contribution in [0.3, 0.4) is 0 Å². The van der Waals surface area contributed by atoms with Crippen molar-refractivity contribution in [2.75, 3.05) is 6.26 Å². The van der Waals surface area contributed by atoms with Gasteiger partial charge in [-0.2, -0.15) is 5.26 Å². The van der Waals surface area contributed by atoms with E-state index in [4.69, 9.17) is 9.97 Å². The molecule has 0 unspecified atom stereocenters. The highest BCUT2D eigenvalue weighted by Gasteiger charge is 2.29. The van der Waals surface area contributed by atoms with Gasteiger partial charge in [0.25, 0.3) is 10.0 Å². The summed E-state index contributed by atoms with van der Waals surface area (Å²) in [7, 11) is -3.83. The number of fused-ring (bicyclic) bond motifs is 3. The highest BCUT2D eigenvalue weighted by molar-refractivity contribution is 7.98. The molecule has 1 aromatic carbocycles. The quantitative estimate of drug-likeness (QED) is 0.205. The van der Waals surface area contributed by atoms with E-state index in [0.717, 1.165) is 42.4 Å². The minimum absolute atomic E-state index is 0.136. The van der Waals surface area contributed by atoms with Gasteiger partial charge in [0.1, 0.15) is 11.2 Å². The molecule has 6 rings (SSSR count). The third-order valence-corrected chi connectivity index (χ3v) is 9.48.